The van der Waals surface area contributed by atoms with Gasteiger partial charge < -0.3 is 9.94 Å². The number of carboxylic acid groups (broad SMARTS) is 1. The molecule has 0 unspecified atom stereocenters. The molecule has 3 rings (SSSR count). The maximum absolute atomic E-state index is 12.5. The van der Waals surface area contributed by atoms with E-state index in [0.717, 1.165) is 16.0 Å². The van der Waals surface area contributed by atoms with E-state index in [1.165, 1.54) is 0 Å². The van der Waals surface area contributed by atoms with Crippen LogP contribution in [0.25, 0.3) is 0 Å². The number of carbonyl (C=O) groups excluding carboxylic acids is 1. The Morgan fingerprint density at radius 3 is 2.43 bits per heavy atom. The van der Waals surface area contributed by atoms with Crippen LogP contribution < -0.4 is 5.48 Å². The van der Waals surface area contributed by atoms with Crippen molar-refractivity contribution in [1.82, 2.24) is 10.4 Å². The summed E-state index contributed by atoms with van der Waals surface area (Å²) in [6.07, 6.45) is -0.299. The summed E-state index contributed by atoms with van der Waals surface area (Å²) in [6.45, 7) is 2.21. The third-order valence-corrected chi connectivity index (χ3v) is 4.90. The van der Waals surface area contributed by atoms with Crippen LogP contribution in [0.5, 0.6) is 0 Å². The molecule has 1 aliphatic heterocycles. The number of carbonyl (C=O) groups is 2. The smallest absolute Gasteiger partial charge is 0.408 e. The Morgan fingerprint density at radius 2 is 1.77 bits per heavy atom. The zero-order valence-electron chi connectivity index (χ0n) is 16.7. The number of piperidine rings is 1. The van der Waals surface area contributed by atoms with Crippen molar-refractivity contribution in [2.45, 2.75) is 38.5 Å². The molecule has 2 N–H and O–H groups in total. The molecule has 8 nitrogen and oxygen atoms in total. The van der Waals surface area contributed by atoms with Crippen LogP contribution in [0.15, 0.2) is 65.8 Å². The van der Waals surface area contributed by atoms with E-state index in [4.69, 9.17) is 9.68 Å². The molecule has 1 aliphatic rings. The van der Waals surface area contributed by atoms with Gasteiger partial charge in [0.15, 0.2) is 0 Å². The fraction of sp³-hybridized carbons (Fsp3) is 0.318. The number of likely N-dealkylation sites (tertiary alicyclic amines) is 1. The quantitative estimate of drug-likeness (QED) is 0.412. The molecule has 30 heavy (non-hydrogen) atoms. The fourth-order valence-electron chi connectivity index (χ4n) is 3.25. The van der Waals surface area contributed by atoms with Gasteiger partial charge in [-0.05, 0) is 30.9 Å². The molecule has 1 saturated heterocycles. The summed E-state index contributed by atoms with van der Waals surface area (Å²) in [6, 6.07) is 17.8. The third kappa shape index (κ3) is 5.88. The molecule has 2 atom stereocenters. The molecule has 8 heteroatoms. The normalized spacial score (nSPS) is 19.4. The minimum Gasteiger partial charge on any atom is -0.465 e. The summed E-state index contributed by atoms with van der Waals surface area (Å²) in [5.74, 6) is -0.684. The predicted octanol–water partition coefficient (Wildman–Crippen LogP) is 3.19. The van der Waals surface area contributed by atoms with Crippen LogP contribution in [0, 0.1) is 0 Å². The van der Waals surface area contributed by atoms with Gasteiger partial charge in [-0.2, -0.15) is 5.48 Å². The summed E-state index contributed by atoms with van der Waals surface area (Å²) in [4.78, 5) is 35.8. The van der Waals surface area contributed by atoms with Gasteiger partial charge in [0.2, 0.25) is 0 Å². The van der Waals surface area contributed by atoms with E-state index in [1.54, 1.807) is 6.92 Å². The minimum atomic E-state index is -1.18. The van der Waals surface area contributed by atoms with Crippen LogP contribution >= 0.6 is 0 Å². The van der Waals surface area contributed by atoms with Gasteiger partial charge >= 0.3 is 12.1 Å². The maximum atomic E-state index is 12.5. The number of amides is 1. The van der Waals surface area contributed by atoms with E-state index < -0.39 is 18.1 Å². The molecule has 1 heterocycles. The molecule has 158 valence electrons. The highest BCUT2D eigenvalue weighted by Gasteiger charge is 2.37. The number of hydrogen-bond donors (Lipinski definition) is 2. The van der Waals surface area contributed by atoms with Gasteiger partial charge in [0, 0.05) is 6.54 Å². The Labute approximate surface area is 175 Å². The zero-order chi connectivity index (χ0) is 21.3. The first kappa shape index (κ1) is 21.5. The molecule has 0 bridgehead atoms. The lowest BCUT2D eigenvalue weighted by atomic mass is 9.99. The zero-order valence-corrected chi connectivity index (χ0v) is 16.7. The highest BCUT2D eigenvalue weighted by Crippen LogP contribution is 2.19. The van der Waals surface area contributed by atoms with Crippen molar-refractivity contribution < 1.29 is 24.4 Å². The van der Waals surface area contributed by atoms with Crippen molar-refractivity contribution in [3.63, 3.8) is 0 Å². The number of benzene rings is 2. The summed E-state index contributed by atoms with van der Waals surface area (Å²) >= 11 is 0. The number of nitrogens with one attached hydrogen (secondary N) is 1. The van der Waals surface area contributed by atoms with Crippen LogP contribution in [0.1, 0.15) is 30.9 Å². The van der Waals surface area contributed by atoms with Crippen molar-refractivity contribution in [2.75, 3.05) is 6.54 Å². The summed E-state index contributed by atoms with van der Waals surface area (Å²) in [5.41, 5.74) is 5.27. The topological polar surface area (TPSA) is 100 Å². The van der Waals surface area contributed by atoms with Gasteiger partial charge in [0.05, 0.1) is 18.4 Å². The summed E-state index contributed by atoms with van der Waals surface area (Å²) in [5, 5.41) is 13.4. The maximum Gasteiger partial charge on any atom is 0.408 e. The van der Waals surface area contributed by atoms with Gasteiger partial charge in [-0.1, -0.05) is 65.8 Å². The summed E-state index contributed by atoms with van der Waals surface area (Å²) < 4.78 is 0. The average molecular weight is 411 g/mol. The van der Waals surface area contributed by atoms with Gasteiger partial charge in [-0.3, -0.25) is 9.74 Å². The van der Waals surface area contributed by atoms with Gasteiger partial charge in [0.25, 0.3) is 0 Å². The van der Waals surface area contributed by atoms with Crippen molar-refractivity contribution in [2.24, 2.45) is 5.16 Å². The van der Waals surface area contributed by atoms with E-state index in [9.17, 15) is 14.7 Å². The van der Waals surface area contributed by atoms with E-state index in [0.29, 0.717) is 25.2 Å². The van der Waals surface area contributed by atoms with Crippen LogP contribution in [0.4, 0.5) is 4.79 Å². The monoisotopic (exact) mass is 411 g/mol. The fourth-order valence-corrected chi connectivity index (χ4v) is 3.25. The number of oxime groups is 1. The number of hydrogen-bond acceptors (Lipinski definition) is 6. The predicted molar refractivity (Wildman–Crippen MR) is 111 cm³/mol. The Bertz CT molecular complexity index is 873. The second-order valence-electron chi connectivity index (χ2n) is 7.07. The van der Waals surface area contributed by atoms with Crippen LogP contribution in [0.2, 0.25) is 0 Å². The van der Waals surface area contributed by atoms with E-state index in [1.807, 2.05) is 60.7 Å². The molecule has 2 aromatic rings. The highest BCUT2D eigenvalue weighted by molar-refractivity contribution is 5.98. The number of hydroxylamine groups is 1. The van der Waals surface area contributed by atoms with Gasteiger partial charge in [-0.25, -0.2) is 9.59 Å². The van der Waals surface area contributed by atoms with E-state index >= 15 is 0 Å². The molecule has 0 aromatic heterocycles. The van der Waals surface area contributed by atoms with E-state index in [2.05, 4.69) is 10.6 Å². The molecule has 0 radical (unpaired) electrons. The Morgan fingerprint density at radius 1 is 1.10 bits per heavy atom. The van der Waals surface area contributed by atoms with Crippen molar-refractivity contribution >= 4 is 17.8 Å². The molecule has 1 fully saturated rings. The second kappa shape index (κ2) is 10.5. The lowest BCUT2D eigenvalue weighted by Gasteiger charge is -2.35. The Hall–Kier alpha value is -3.23. The van der Waals surface area contributed by atoms with Crippen molar-refractivity contribution in [3.8, 4) is 0 Å². The van der Waals surface area contributed by atoms with Crippen molar-refractivity contribution in [3.05, 3.63) is 71.8 Å². The lowest BCUT2D eigenvalue weighted by molar-refractivity contribution is -0.151. The largest absolute Gasteiger partial charge is 0.465 e. The number of nitrogens with zero attached hydrogens (tertiary/aromatic N) is 2. The van der Waals surface area contributed by atoms with Crippen LogP contribution in [-0.4, -0.2) is 46.4 Å². The molecule has 0 aliphatic carbocycles. The first-order valence-corrected chi connectivity index (χ1v) is 9.76. The molecule has 1 amide bonds. The third-order valence-electron chi connectivity index (χ3n) is 4.90. The SMILES string of the molecule is CC(=NOC(=O)[C@@H]1CC[C@@H](NOCc2ccccc2)CN1C(=O)O)c1ccccc1. The van der Waals surface area contributed by atoms with E-state index in [-0.39, 0.29) is 12.6 Å². The molecular formula is C22H25N3O5. The summed E-state index contributed by atoms with van der Waals surface area (Å²) in [7, 11) is 0. The van der Waals surface area contributed by atoms with Gasteiger partial charge in [0.1, 0.15) is 6.04 Å². The number of rotatable bonds is 7. The molecule has 2 aromatic carbocycles. The van der Waals surface area contributed by atoms with Crippen LogP contribution in [0.3, 0.4) is 0 Å². The second-order valence-corrected chi connectivity index (χ2v) is 7.07. The first-order chi connectivity index (χ1) is 14.5. The first-order valence-electron chi connectivity index (χ1n) is 9.76. The Kier molecular flexibility index (Phi) is 7.53. The molecule has 0 saturated carbocycles. The average Bonchev–Trinajstić information content (AvgIpc) is 2.78. The molecular weight excluding hydrogens is 386 g/mol. The van der Waals surface area contributed by atoms with Crippen LogP contribution in [-0.2, 0) is 21.1 Å². The highest BCUT2D eigenvalue weighted by atomic mass is 16.7. The van der Waals surface area contributed by atoms with Crippen molar-refractivity contribution in [1.29, 1.82) is 0 Å². The molecule has 0 spiro atoms. The Balaban J connectivity index is 1.53. The standard InChI is InChI=1S/C22H25N3O5/c1-16(18-10-6-3-7-11-18)23-30-21(26)20-13-12-19(14-25(20)22(27)28)24-29-15-17-8-4-2-5-9-17/h2-11,19-20,24H,12-15H2,1H3,(H,27,28)/t19-,20+/m1/s1. The van der Waals surface area contributed by atoms with Gasteiger partial charge in [-0.15, -0.1) is 0 Å². The lowest BCUT2D eigenvalue weighted by Crippen LogP contribution is -2.55. The minimum absolute atomic E-state index is 0.116.